The van der Waals surface area contributed by atoms with Crippen molar-refractivity contribution < 1.29 is 9.59 Å². The zero-order valence-corrected chi connectivity index (χ0v) is 17.7. The minimum atomic E-state index is -0.264. The van der Waals surface area contributed by atoms with Gasteiger partial charge in [-0.3, -0.25) is 25.3 Å². The van der Waals surface area contributed by atoms with Crippen LogP contribution in [0.1, 0.15) is 6.42 Å². The highest BCUT2D eigenvalue weighted by Crippen LogP contribution is 2.26. The second kappa shape index (κ2) is 11.1. The summed E-state index contributed by atoms with van der Waals surface area (Å²) in [7, 11) is 0. The first-order valence-electron chi connectivity index (χ1n) is 9.59. The van der Waals surface area contributed by atoms with Crippen LogP contribution in [0.2, 0.25) is 5.02 Å². The molecule has 0 aromatic heterocycles. The van der Waals surface area contributed by atoms with Gasteiger partial charge in [-0.05, 0) is 24.3 Å². The first kappa shape index (κ1) is 21.5. The maximum atomic E-state index is 12.0. The van der Waals surface area contributed by atoms with Crippen molar-refractivity contribution >= 4 is 40.9 Å². The Labute approximate surface area is 180 Å². The number of carbonyl (C=O) groups excluding carboxylic acids is 2. The molecule has 3 rings (SSSR count). The van der Waals surface area contributed by atoms with Gasteiger partial charge in [0.05, 0.1) is 10.8 Å². The number of piperazine rings is 1. The monoisotopic (exact) mass is 432 g/mol. The quantitative estimate of drug-likeness (QED) is 0.520. The highest BCUT2D eigenvalue weighted by molar-refractivity contribution is 8.00. The van der Waals surface area contributed by atoms with Crippen molar-refractivity contribution in [3.8, 4) is 0 Å². The lowest BCUT2D eigenvalue weighted by Crippen LogP contribution is -2.48. The van der Waals surface area contributed by atoms with Gasteiger partial charge in [0.25, 0.3) is 0 Å². The van der Waals surface area contributed by atoms with E-state index in [0.29, 0.717) is 18.0 Å². The van der Waals surface area contributed by atoms with Gasteiger partial charge in [0.1, 0.15) is 0 Å². The van der Waals surface area contributed by atoms with Crippen molar-refractivity contribution in [2.45, 2.75) is 11.3 Å². The van der Waals surface area contributed by atoms with Crippen LogP contribution in [0.25, 0.3) is 0 Å². The third-order valence-corrected chi connectivity index (χ3v) is 6.20. The van der Waals surface area contributed by atoms with E-state index in [1.165, 1.54) is 17.4 Å². The van der Waals surface area contributed by atoms with Gasteiger partial charge in [-0.2, -0.15) is 0 Å². The van der Waals surface area contributed by atoms with E-state index in [1.807, 2.05) is 36.4 Å². The van der Waals surface area contributed by atoms with Crippen LogP contribution in [0.4, 0.5) is 5.69 Å². The molecule has 0 atom stereocenters. The summed E-state index contributed by atoms with van der Waals surface area (Å²) in [6, 6.07) is 17.7. The summed E-state index contributed by atoms with van der Waals surface area (Å²) < 4.78 is 0. The molecule has 2 amide bonds. The molecule has 1 saturated heterocycles. The average molecular weight is 433 g/mol. The highest BCUT2D eigenvalue weighted by Gasteiger charge is 2.17. The third kappa shape index (κ3) is 6.96. The van der Waals surface area contributed by atoms with Crippen molar-refractivity contribution in [3.05, 3.63) is 59.6 Å². The fraction of sp³-hybridized carbons (Fsp3) is 0.333. The summed E-state index contributed by atoms with van der Waals surface area (Å²) in [4.78, 5) is 29.4. The largest absolute Gasteiger partial charge is 0.369 e. The molecule has 2 aromatic carbocycles. The van der Waals surface area contributed by atoms with Gasteiger partial charge in [-0.25, -0.2) is 0 Å². The molecule has 1 heterocycles. The lowest BCUT2D eigenvalue weighted by Gasteiger charge is -2.36. The number of anilines is 1. The molecular weight excluding hydrogens is 408 g/mol. The summed E-state index contributed by atoms with van der Waals surface area (Å²) in [5.74, 6) is -0.267. The van der Waals surface area contributed by atoms with Crippen molar-refractivity contribution in [3.63, 3.8) is 0 Å². The molecule has 0 radical (unpaired) electrons. The Kier molecular flexibility index (Phi) is 8.22. The topological polar surface area (TPSA) is 64.7 Å². The van der Waals surface area contributed by atoms with Crippen molar-refractivity contribution in [1.29, 1.82) is 0 Å². The number of halogens is 1. The number of hydrogen-bond donors (Lipinski definition) is 2. The summed E-state index contributed by atoms with van der Waals surface area (Å²) in [5.41, 5.74) is 6.18. The predicted octanol–water partition coefficient (Wildman–Crippen LogP) is 2.79. The highest BCUT2D eigenvalue weighted by atomic mass is 35.5. The number of rotatable bonds is 7. The summed E-state index contributed by atoms with van der Waals surface area (Å²) in [6.07, 6.45) is 0.350. The molecule has 2 N–H and O–H groups in total. The van der Waals surface area contributed by atoms with Gasteiger partial charge < -0.3 is 4.90 Å². The number of amides is 2. The van der Waals surface area contributed by atoms with E-state index in [4.69, 9.17) is 11.6 Å². The van der Waals surface area contributed by atoms with E-state index in [2.05, 4.69) is 32.8 Å². The molecule has 2 aromatic rings. The Balaban J connectivity index is 1.29. The van der Waals surface area contributed by atoms with Crippen LogP contribution in [-0.2, 0) is 9.59 Å². The Bertz CT molecular complexity index is 813. The molecule has 1 aliphatic heterocycles. The van der Waals surface area contributed by atoms with Gasteiger partial charge in [0.2, 0.25) is 11.8 Å². The Morgan fingerprint density at radius 2 is 1.55 bits per heavy atom. The number of nitrogens with zero attached hydrogens (tertiary/aromatic N) is 2. The molecule has 1 fully saturated rings. The molecule has 0 saturated carbocycles. The summed E-state index contributed by atoms with van der Waals surface area (Å²) in [6.45, 7) is 4.41. The zero-order valence-electron chi connectivity index (χ0n) is 16.1. The van der Waals surface area contributed by atoms with Crippen LogP contribution in [-0.4, -0.2) is 55.2 Å². The molecule has 0 spiro atoms. The molecular formula is C21H25ClN4O2S. The molecule has 8 heteroatoms. The SMILES string of the molecule is O=C(CCN1CCN(c2ccccc2)CC1)NNC(=O)CSc1ccccc1Cl. The normalized spacial score (nSPS) is 14.4. The van der Waals surface area contributed by atoms with Gasteiger partial charge in [-0.1, -0.05) is 41.9 Å². The second-order valence-corrected chi connectivity index (χ2v) is 8.15. The number of hydrazine groups is 1. The molecule has 6 nitrogen and oxygen atoms in total. The van der Waals surface area contributed by atoms with Crippen LogP contribution in [0, 0.1) is 0 Å². The molecule has 29 heavy (non-hydrogen) atoms. The lowest BCUT2D eigenvalue weighted by atomic mass is 10.2. The molecule has 0 aliphatic carbocycles. The number of para-hydroxylation sites is 1. The lowest BCUT2D eigenvalue weighted by molar-refractivity contribution is -0.127. The van der Waals surface area contributed by atoms with E-state index in [1.54, 1.807) is 6.07 Å². The number of hydrogen-bond acceptors (Lipinski definition) is 5. The number of carbonyl (C=O) groups is 2. The molecule has 0 bridgehead atoms. The fourth-order valence-corrected chi connectivity index (χ4v) is 4.11. The number of nitrogens with one attached hydrogen (secondary N) is 2. The van der Waals surface area contributed by atoms with Gasteiger partial charge in [-0.15, -0.1) is 11.8 Å². The van der Waals surface area contributed by atoms with Crippen LogP contribution in [0.3, 0.4) is 0 Å². The van der Waals surface area contributed by atoms with Crippen LogP contribution >= 0.6 is 23.4 Å². The van der Waals surface area contributed by atoms with Crippen molar-refractivity contribution in [2.75, 3.05) is 43.4 Å². The van der Waals surface area contributed by atoms with Crippen LogP contribution in [0.5, 0.6) is 0 Å². The zero-order chi connectivity index (χ0) is 20.5. The van der Waals surface area contributed by atoms with E-state index < -0.39 is 0 Å². The molecule has 1 aliphatic rings. The second-order valence-electron chi connectivity index (χ2n) is 6.73. The fourth-order valence-electron chi connectivity index (χ4n) is 3.07. The average Bonchev–Trinajstić information content (AvgIpc) is 2.76. The predicted molar refractivity (Wildman–Crippen MR) is 118 cm³/mol. The summed E-state index contributed by atoms with van der Waals surface area (Å²) >= 11 is 7.40. The first-order valence-corrected chi connectivity index (χ1v) is 11.0. The summed E-state index contributed by atoms with van der Waals surface area (Å²) in [5, 5.41) is 0.613. The van der Waals surface area contributed by atoms with E-state index in [-0.39, 0.29) is 17.6 Å². The Morgan fingerprint density at radius 1 is 0.897 bits per heavy atom. The van der Waals surface area contributed by atoms with Crippen molar-refractivity contribution in [2.24, 2.45) is 0 Å². The van der Waals surface area contributed by atoms with Gasteiger partial charge in [0, 0.05) is 49.7 Å². The maximum Gasteiger partial charge on any atom is 0.248 e. The van der Waals surface area contributed by atoms with Crippen LogP contribution in [0.15, 0.2) is 59.5 Å². The van der Waals surface area contributed by atoms with Crippen LogP contribution < -0.4 is 15.8 Å². The minimum Gasteiger partial charge on any atom is -0.369 e. The first-order chi connectivity index (χ1) is 14.1. The smallest absolute Gasteiger partial charge is 0.248 e. The standard InChI is InChI=1S/C21H25ClN4O2S/c22-18-8-4-5-9-19(18)29-16-21(28)24-23-20(27)10-11-25-12-14-26(15-13-25)17-6-2-1-3-7-17/h1-9H,10-16H2,(H,23,27)(H,24,28). The molecule has 0 unspecified atom stereocenters. The number of benzene rings is 2. The van der Waals surface area contributed by atoms with E-state index >= 15 is 0 Å². The van der Waals surface area contributed by atoms with Gasteiger partial charge in [0.15, 0.2) is 0 Å². The molecule has 154 valence electrons. The van der Waals surface area contributed by atoms with E-state index in [0.717, 1.165) is 31.1 Å². The maximum absolute atomic E-state index is 12.0. The van der Waals surface area contributed by atoms with Crippen molar-refractivity contribution in [1.82, 2.24) is 15.8 Å². The Hall–Kier alpha value is -2.22. The minimum absolute atomic E-state index is 0.186. The van der Waals surface area contributed by atoms with Gasteiger partial charge >= 0.3 is 0 Å². The Morgan fingerprint density at radius 3 is 2.28 bits per heavy atom. The van der Waals surface area contributed by atoms with E-state index in [9.17, 15) is 9.59 Å². The number of thioether (sulfide) groups is 1. The third-order valence-electron chi connectivity index (χ3n) is 4.69.